The van der Waals surface area contributed by atoms with Gasteiger partial charge >= 0.3 is 5.97 Å². The van der Waals surface area contributed by atoms with Crippen LogP contribution in [0.5, 0.6) is 0 Å². The second kappa shape index (κ2) is 6.16. The number of ether oxygens (including phenoxy) is 1. The number of hydrogen-bond acceptors (Lipinski definition) is 4. The largest absolute Gasteiger partial charge is 0.464 e. The van der Waals surface area contributed by atoms with Crippen LogP contribution in [-0.4, -0.2) is 43.0 Å². The normalized spacial score (nSPS) is 18.5. The number of esters is 1. The highest BCUT2D eigenvalue weighted by Crippen LogP contribution is 2.21. The summed E-state index contributed by atoms with van der Waals surface area (Å²) in [5.41, 5.74) is 0.717. The van der Waals surface area contributed by atoms with Gasteiger partial charge in [0.25, 0.3) is 0 Å². The molecule has 0 unspecified atom stereocenters. The molecule has 6 heteroatoms. The van der Waals surface area contributed by atoms with Crippen molar-refractivity contribution in [2.24, 2.45) is 0 Å². The van der Waals surface area contributed by atoms with E-state index in [0.717, 1.165) is 10.2 Å². The molecule has 1 fully saturated rings. The minimum atomic E-state index is -0.315. The number of likely N-dealkylation sites (N-methyl/N-ethyl adjacent to an activating group) is 1. The van der Waals surface area contributed by atoms with Gasteiger partial charge in [0, 0.05) is 10.9 Å². The Morgan fingerprint density at radius 1 is 1.53 bits per heavy atom. The molecule has 1 aromatic carbocycles. The van der Waals surface area contributed by atoms with Gasteiger partial charge in [0.15, 0.2) is 0 Å². The first-order valence-electron chi connectivity index (χ1n) is 5.99. The molecule has 0 saturated carbocycles. The van der Waals surface area contributed by atoms with Crippen LogP contribution in [0, 0.1) is 0 Å². The molecular formula is C13H15BrN2O3. The van der Waals surface area contributed by atoms with Crippen molar-refractivity contribution >= 4 is 33.5 Å². The lowest BCUT2D eigenvalue weighted by atomic mass is 10.2. The van der Waals surface area contributed by atoms with E-state index < -0.39 is 0 Å². The zero-order valence-corrected chi connectivity index (χ0v) is 12.1. The lowest BCUT2D eigenvalue weighted by Crippen LogP contribution is -2.40. The van der Waals surface area contributed by atoms with Crippen molar-refractivity contribution in [3.8, 4) is 0 Å². The Hall–Kier alpha value is -1.40. The van der Waals surface area contributed by atoms with E-state index >= 15 is 0 Å². The van der Waals surface area contributed by atoms with Crippen LogP contribution in [-0.2, 0) is 14.3 Å². The summed E-state index contributed by atoms with van der Waals surface area (Å²) in [6.07, 6.45) is 0.637. The highest BCUT2D eigenvalue weighted by atomic mass is 79.9. The van der Waals surface area contributed by atoms with Crippen LogP contribution in [0.3, 0.4) is 0 Å². The Morgan fingerprint density at radius 2 is 2.26 bits per heavy atom. The quantitative estimate of drug-likeness (QED) is 0.854. The predicted molar refractivity (Wildman–Crippen MR) is 74.8 cm³/mol. The summed E-state index contributed by atoms with van der Waals surface area (Å²) in [7, 11) is 1.75. The number of para-hydroxylation sites is 1. The van der Waals surface area contributed by atoms with Gasteiger partial charge in [-0.2, -0.15) is 0 Å². The highest BCUT2D eigenvalue weighted by molar-refractivity contribution is 9.10. The molecule has 5 nitrogen and oxygen atoms in total. The third-order valence-electron chi connectivity index (χ3n) is 2.98. The average Bonchev–Trinajstić information content (AvgIpc) is 2.78. The number of cyclic esters (lactones) is 1. The van der Waals surface area contributed by atoms with Crippen molar-refractivity contribution in [3.05, 3.63) is 28.7 Å². The van der Waals surface area contributed by atoms with Gasteiger partial charge in [-0.05, 0) is 35.1 Å². The number of carbonyl (C=O) groups excluding carboxylic acids is 2. The zero-order chi connectivity index (χ0) is 13.8. The fraction of sp³-hybridized carbons (Fsp3) is 0.385. The molecule has 0 radical (unpaired) electrons. The van der Waals surface area contributed by atoms with E-state index in [9.17, 15) is 9.59 Å². The second-order valence-corrected chi connectivity index (χ2v) is 5.27. The van der Waals surface area contributed by atoms with Crippen LogP contribution in [0.1, 0.15) is 6.42 Å². The van der Waals surface area contributed by atoms with Crippen LogP contribution in [0.25, 0.3) is 0 Å². The summed E-state index contributed by atoms with van der Waals surface area (Å²) >= 11 is 3.36. The average molecular weight is 327 g/mol. The second-order valence-electron chi connectivity index (χ2n) is 4.42. The number of halogens is 1. The predicted octanol–water partition coefficient (Wildman–Crippen LogP) is 1.63. The van der Waals surface area contributed by atoms with Crippen molar-refractivity contribution in [3.63, 3.8) is 0 Å². The van der Waals surface area contributed by atoms with Crippen LogP contribution in [0.2, 0.25) is 0 Å². The summed E-state index contributed by atoms with van der Waals surface area (Å²) in [6.45, 7) is 0.584. The van der Waals surface area contributed by atoms with E-state index in [1.807, 2.05) is 24.3 Å². The molecule has 1 aliphatic rings. The van der Waals surface area contributed by atoms with Crippen molar-refractivity contribution in [1.29, 1.82) is 0 Å². The first kappa shape index (κ1) is 14.0. The number of anilines is 1. The van der Waals surface area contributed by atoms with E-state index in [2.05, 4.69) is 21.2 Å². The number of carbonyl (C=O) groups is 2. The Labute approximate surface area is 120 Å². The van der Waals surface area contributed by atoms with Crippen LogP contribution >= 0.6 is 15.9 Å². The Bertz CT molecular complexity index is 493. The standard InChI is InChI=1S/C13H15BrN2O3/c1-16(11-6-7-19-13(11)18)8-12(17)15-10-5-3-2-4-9(10)14/h2-5,11H,6-8H2,1H3,(H,15,17)/t11-/m0/s1. The maximum Gasteiger partial charge on any atom is 0.323 e. The minimum absolute atomic E-state index is 0.154. The summed E-state index contributed by atoms with van der Waals surface area (Å²) in [4.78, 5) is 25.0. The van der Waals surface area contributed by atoms with Gasteiger partial charge in [0.2, 0.25) is 5.91 Å². The molecule has 0 spiro atoms. The number of amides is 1. The summed E-state index contributed by atoms with van der Waals surface area (Å²) < 4.78 is 5.71. The molecule has 19 heavy (non-hydrogen) atoms. The molecular weight excluding hydrogens is 312 g/mol. The number of nitrogens with zero attached hydrogens (tertiary/aromatic N) is 1. The lowest BCUT2D eigenvalue weighted by molar-refractivity contribution is -0.142. The SMILES string of the molecule is CN(CC(=O)Nc1ccccc1Br)[C@H]1CCOC1=O. The smallest absolute Gasteiger partial charge is 0.323 e. The van der Waals surface area contributed by atoms with Gasteiger partial charge in [0.05, 0.1) is 18.8 Å². The van der Waals surface area contributed by atoms with E-state index in [-0.39, 0.29) is 24.5 Å². The highest BCUT2D eigenvalue weighted by Gasteiger charge is 2.31. The lowest BCUT2D eigenvalue weighted by Gasteiger charge is -2.20. The fourth-order valence-corrected chi connectivity index (χ4v) is 2.36. The number of hydrogen-bond donors (Lipinski definition) is 1. The molecule has 1 aromatic rings. The van der Waals surface area contributed by atoms with Crippen molar-refractivity contribution < 1.29 is 14.3 Å². The first-order valence-corrected chi connectivity index (χ1v) is 6.78. The monoisotopic (exact) mass is 326 g/mol. The molecule has 1 N–H and O–H groups in total. The third-order valence-corrected chi connectivity index (χ3v) is 3.67. The molecule has 1 heterocycles. The molecule has 0 bridgehead atoms. The molecule has 1 saturated heterocycles. The minimum Gasteiger partial charge on any atom is -0.464 e. The Kier molecular flexibility index (Phi) is 4.55. The Balaban J connectivity index is 1.91. The van der Waals surface area contributed by atoms with Gasteiger partial charge in [-0.3, -0.25) is 14.5 Å². The van der Waals surface area contributed by atoms with Gasteiger partial charge in [-0.25, -0.2) is 0 Å². The topological polar surface area (TPSA) is 58.6 Å². The van der Waals surface area contributed by atoms with Gasteiger partial charge in [0.1, 0.15) is 6.04 Å². The molecule has 2 rings (SSSR count). The van der Waals surface area contributed by atoms with E-state index in [1.54, 1.807) is 11.9 Å². The van der Waals surface area contributed by atoms with Crippen molar-refractivity contribution in [2.45, 2.75) is 12.5 Å². The van der Waals surface area contributed by atoms with Crippen LogP contribution < -0.4 is 5.32 Å². The number of nitrogens with one attached hydrogen (secondary N) is 1. The van der Waals surface area contributed by atoms with Gasteiger partial charge in [-0.1, -0.05) is 12.1 Å². The summed E-state index contributed by atoms with van der Waals surface area (Å²) in [5.74, 6) is -0.412. The summed E-state index contributed by atoms with van der Waals surface area (Å²) in [5, 5.41) is 2.80. The molecule has 1 amide bonds. The third kappa shape index (κ3) is 3.54. The van der Waals surface area contributed by atoms with E-state index in [1.165, 1.54) is 0 Å². The number of rotatable bonds is 4. The molecule has 0 aromatic heterocycles. The van der Waals surface area contributed by atoms with Crippen molar-refractivity contribution in [2.75, 3.05) is 25.5 Å². The Morgan fingerprint density at radius 3 is 2.89 bits per heavy atom. The molecule has 1 atom stereocenters. The van der Waals surface area contributed by atoms with Gasteiger partial charge < -0.3 is 10.1 Å². The molecule has 102 valence electrons. The van der Waals surface area contributed by atoms with Crippen LogP contribution in [0.4, 0.5) is 5.69 Å². The maximum absolute atomic E-state index is 11.9. The molecule has 0 aliphatic carbocycles. The zero-order valence-electron chi connectivity index (χ0n) is 10.6. The molecule has 1 aliphatic heterocycles. The fourth-order valence-electron chi connectivity index (χ4n) is 1.97. The summed E-state index contributed by atoms with van der Waals surface area (Å²) in [6, 6.07) is 7.07. The number of benzene rings is 1. The van der Waals surface area contributed by atoms with Crippen LogP contribution in [0.15, 0.2) is 28.7 Å². The van der Waals surface area contributed by atoms with Crippen molar-refractivity contribution in [1.82, 2.24) is 4.90 Å². The van der Waals surface area contributed by atoms with Gasteiger partial charge in [-0.15, -0.1) is 0 Å². The van der Waals surface area contributed by atoms with E-state index in [0.29, 0.717) is 13.0 Å². The maximum atomic E-state index is 11.9. The van der Waals surface area contributed by atoms with E-state index in [4.69, 9.17) is 4.74 Å². The first-order chi connectivity index (χ1) is 9.08.